The summed E-state index contributed by atoms with van der Waals surface area (Å²) < 4.78 is 44.1. The number of nitrogens with one attached hydrogen (secondary N) is 1. The van der Waals surface area contributed by atoms with Gasteiger partial charge in [0.25, 0.3) is 0 Å². The SMILES string of the molecule is Cc1nc2c(N3CC[C@H](Oc4ccc(C(F)(F)F)cc4)C[C@@H]3C)cc(Cl)nc2[nH]1. The van der Waals surface area contributed by atoms with Crippen molar-refractivity contribution < 1.29 is 17.9 Å². The molecule has 1 N–H and O–H groups in total. The fourth-order valence-corrected chi connectivity index (χ4v) is 3.97. The molecule has 0 aliphatic carbocycles. The lowest BCUT2D eigenvalue weighted by molar-refractivity contribution is -0.137. The van der Waals surface area contributed by atoms with Gasteiger partial charge in [0.2, 0.25) is 0 Å². The van der Waals surface area contributed by atoms with Crippen LogP contribution in [0.3, 0.4) is 0 Å². The molecule has 1 fully saturated rings. The molecule has 0 saturated carbocycles. The van der Waals surface area contributed by atoms with E-state index in [1.54, 1.807) is 0 Å². The predicted molar refractivity (Wildman–Crippen MR) is 106 cm³/mol. The third kappa shape index (κ3) is 4.12. The number of anilines is 1. The quantitative estimate of drug-likeness (QED) is 0.574. The monoisotopic (exact) mass is 424 g/mol. The molecule has 9 heteroatoms. The average Bonchev–Trinajstić information content (AvgIpc) is 3.01. The zero-order chi connectivity index (χ0) is 20.8. The first-order valence-electron chi connectivity index (χ1n) is 9.34. The second-order valence-electron chi connectivity index (χ2n) is 7.31. The van der Waals surface area contributed by atoms with Gasteiger partial charge >= 0.3 is 6.18 Å². The molecule has 2 aromatic heterocycles. The van der Waals surface area contributed by atoms with Crippen molar-refractivity contribution in [1.82, 2.24) is 15.0 Å². The minimum Gasteiger partial charge on any atom is -0.490 e. The lowest BCUT2D eigenvalue weighted by Gasteiger charge is -2.39. The molecule has 1 aliphatic rings. The maximum absolute atomic E-state index is 12.7. The lowest BCUT2D eigenvalue weighted by Crippen LogP contribution is -2.44. The summed E-state index contributed by atoms with van der Waals surface area (Å²) >= 11 is 6.19. The number of halogens is 4. The van der Waals surface area contributed by atoms with Crippen LogP contribution in [0.15, 0.2) is 30.3 Å². The third-order valence-corrected chi connectivity index (χ3v) is 5.34. The van der Waals surface area contributed by atoms with Crippen LogP contribution in [-0.4, -0.2) is 33.6 Å². The molecule has 1 aliphatic heterocycles. The number of imidazole rings is 1. The molecular weight excluding hydrogens is 405 g/mol. The zero-order valence-electron chi connectivity index (χ0n) is 15.9. The number of ether oxygens (including phenoxy) is 1. The smallest absolute Gasteiger partial charge is 0.416 e. The number of piperidine rings is 1. The number of aryl methyl sites for hydroxylation is 1. The number of pyridine rings is 1. The van der Waals surface area contributed by atoms with Crippen molar-refractivity contribution in [2.45, 2.75) is 45.0 Å². The van der Waals surface area contributed by atoms with Gasteiger partial charge < -0.3 is 14.6 Å². The van der Waals surface area contributed by atoms with E-state index in [1.165, 1.54) is 12.1 Å². The van der Waals surface area contributed by atoms with E-state index in [0.717, 1.165) is 42.0 Å². The Hall–Kier alpha value is -2.48. The van der Waals surface area contributed by atoms with Crippen LogP contribution in [0.2, 0.25) is 5.15 Å². The highest BCUT2D eigenvalue weighted by Crippen LogP contribution is 2.34. The van der Waals surface area contributed by atoms with Crippen LogP contribution in [0.25, 0.3) is 11.2 Å². The van der Waals surface area contributed by atoms with Crippen LogP contribution in [0.4, 0.5) is 18.9 Å². The largest absolute Gasteiger partial charge is 0.490 e. The first-order valence-corrected chi connectivity index (χ1v) is 9.72. The maximum atomic E-state index is 12.7. The summed E-state index contributed by atoms with van der Waals surface area (Å²) in [5.41, 5.74) is 1.67. The number of aromatic nitrogens is 3. The van der Waals surface area contributed by atoms with E-state index in [0.29, 0.717) is 23.1 Å². The molecule has 5 nitrogen and oxygen atoms in total. The number of benzene rings is 1. The van der Waals surface area contributed by atoms with E-state index in [4.69, 9.17) is 16.3 Å². The molecule has 3 heterocycles. The number of aromatic amines is 1. The Kier molecular flexibility index (Phi) is 5.06. The first kappa shape index (κ1) is 19.8. The maximum Gasteiger partial charge on any atom is 0.416 e. The van der Waals surface area contributed by atoms with Gasteiger partial charge in [0.1, 0.15) is 28.3 Å². The molecule has 0 bridgehead atoms. The second-order valence-corrected chi connectivity index (χ2v) is 7.70. The topological polar surface area (TPSA) is 54.0 Å². The Labute approximate surface area is 170 Å². The van der Waals surface area contributed by atoms with Gasteiger partial charge in [-0.3, -0.25) is 0 Å². The Bertz CT molecular complexity index is 1020. The van der Waals surface area contributed by atoms with E-state index in [-0.39, 0.29) is 12.1 Å². The van der Waals surface area contributed by atoms with Crippen LogP contribution in [-0.2, 0) is 6.18 Å². The van der Waals surface area contributed by atoms with Gasteiger partial charge in [-0.1, -0.05) is 11.6 Å². The lowest BCUT2D eigenvalue weighted by atomic mass is 9.99. The van der Waals surface area contributed by atoms with Crippen molar-refractivity contribution in [3.8, 4) is 5.75 Å². The number of rotatable bonds is 3. The normalized spacial score (nSPS) is 20.3. The first-order chi connectivity index (χ1) is 13.7. The summed E-state index contributed by atoms with van der Waals surface area (Å²) in [6.07, 6.45) is -2.96. The predicted octanol–water partition coefficient (Wildman–Crippen LogP) is 5.37. The molecule has 0 spiro atoms. The third-order valence-electron chi connectivity index (χ3n) is 5.14. The average molecular weight is 425 g/mol. The van der Waals surface area contributed by atoms with Gasteiger partial charge in [-0.25, -0.2) is 9.97 Å². The van der Waals surface area contributed by atoms with Crippen LogP contribution in [0.1, 0.15) is 31.2 Å². The van der Waals surface area contributed by atoms with Gasteiger partial charge in [-0.15, -0.1) is 0 Å². The Morgan fingerprint density at radius 3 is 2.59 bits per heavy atom. The van der Waals surface area contributed by atoms with Crippen LogP contribution >= 0.6 is 11.6 Å². The minimum atomic E-state index is -4.35. The molecule has 3 aromatic rings. The number of fused-ring (bicyclic) bond motifs is 1. The standard InChI is InChI=1S/C20H20ClF3N4O/c1-11-9-15(29-14-5-3-13(4-6-14)20(22,23)24)7-8-28(11)16-10-17(21)27-19-18(16)25-12(2)26-19/h3-6,10-11,15H,7-9H2,1-2H3,(H,25,26,27)/t11-,15-/m0/s1. The van der Waals surface area contributed by atoms with Gasteiger partial charge in [-0.2, -0.15) is 13.2 Å². The van der Waals surface area contributed by atoms with E-state index < -0.39 is 11.7 Å². The second kappa shape index (κ2) is 7.40. The molecule has 0 amide bonds. The minimum absolute atomic E-state index is 0.0771. The summed E-state index contributed by atoms with van der Waals surface area (Å²) in [4.78, 5) is 14.2. The van der Waals surface area contributed by atoms with Crippen molar-refractivity contribution in [2.75, 3.05) is 11.4 Å². The van der Waals surface area contributed by atoms with Crippen molar-refractivity contribution >= 4 is 28.5 Å². The zero-order valence-corrected chi connectivity index (χ0v) is 16.7. The van der Waals surface area contributed by atoms with Gasteiger partial charge in [-0.05, 0) is 38.1 Å². The Morgan fingerprint density at radius 1 is 1.21 bits per heavy atom. The molecule has 29 heavy (non-hydrogen) atoms. The van der Waals surface area contributed by atoms with Crippen LogP contribution in [0, 0.1) is 6.92 Å². The fraction of sp³-hybridized carbons (Fsp3) is 0.400. The number of alkyl halides is 3. The molecule has 1 aromatic carbocycles. The van der Waals surface area contributed by atoms with Gasteiger partial charge in [0.15, 0.2) is 5.65 Å². The number of hydrogen-bond acceptors (Lipinski definition) is 4. The Balaban J connectivity index is 1.48. The Morgan fingerprint density at radius 2 is 1.93 bits per heavy atom. The number of hydrogen-bond donors (Lipinski definition) is 1. The van der Waals surface area contributed by atoms with Crippen molar-refractivity contribution in [3.63, 3.8) is 0 Å². The van der Waals surface area contributed by atoms with E-state index in [2.05, 4.69) is 26.8 Å². The van der Waals surface area contributed by atoms with Gasteiger partial charge in [0, 0.05) is 31.5 Å². The van der Waals surface area contributed by atoms with E-state index >= 15 is 0 Å². The number of H-pyrrole nitrogens is 1. The highest BCUT2D eigenvalue weighted by molar-refractivity contribution is 6.30. The molecule has 1 saturated heterocycles. The molecule has 0 unspecified atom stereocenters. The van der Waals surface area contributed by atoms with Crippen molar-refractivity contribution in [1.29, 1.82) is 0 Å². The molecule has 4 rings (SSSR count). The number of nitrogens with zero attached hydrogens (tertiary/aromatic N) is 3. The highest BCUT2D eigenvalue weighted by Gasteiger charge is 2.31. The fourth-order valence-electron chi connectivity index (χ4n) is 3.79. The molecule has 0 radical (unpaired) electrons. The molecule has 154 valence electrons. The van der Waals surface area contributed by atoms with Crippen LogP contribution < -0.4 is 9.64 Å². The summed E-state index contributed by atoms with van der Waals surface area (Å²) in [5.74, 6) is 1.21. The van der Waals surface area contributed by atoms with E-state index in [9.17, 15) is 13.2 Å². The molecule has 2 atom stereocenters. The summed E-state index contributed by atoms with van der Waals surface area (Å²) in [6, 6.07) is 6.80. The van der Waals surface area contributed by atoms with Crippen molar-refractivity contribution in [3.05, 3.63) is 46.9 Å². The van der Waals surface area contributed by atoms with Crippen molar-refractivity contribution in [2.24, 2.45) is 0 Å². The summed E-state index contributed by atoms with van der Waals surface area (Å²) in [7, 11) is 0. The summed E-state index contributed by atoms with van der Waals surface area (Å²) in [5, 5.41) is 0.395. The van der Waals surface area contributed by atoms with E-state index in [1.807, 2.05) is 13.0 Å². The highest BCUT2D eigenvalue weighted by atomic mass is 35.5. The summed E-state index contributed by atoms with van der Waals surface area (Å²) in [6.45, 7) is 4.67. The van der Waals surface area contributed by atoms with Crippen LogP contribution in [0.5, 0.6) is 5.75 Å². The van der Waals surface area contributed by atoms with Gasteiger partial charge in [0.05, 0.1) is 11.3 Å². The molecular formula is C20H20ClF3N4O.